The fraction of sp³-hybridized carbons (Fsp3) is 0.750. The molecule has 1 rings (SSSR count). The van der Waals surface area contributed by atoms with Crippen molar-refractivity contribution in [1.82, 2.24) is 4.98 Å². The van der Waals surface area contributed by atoms with Crippen LogP contribution in [0.2, 0.25) is 0 Å². The number of hydrogen-bond acceptors (Lipinski definition) is 3. The Morgan fingerprint density at radius 3 is 2.40 bits per heavy atom. The first-order valence-electron chi connectivity index (χ1n) is 5.73. The highest BCUT2D eigenvalue weighted by Crippen LogP contribution is 2.26. The van der Waals surface area contributed by atoms with Crippen LogP contribution < -0.4 is 5.32 Å². The first kappa shape index (κ1) is 12.5. The third-order valence-electron chi connectivity index (χ3n) is 2.07. The third kappa shape index (κ3) is 3.82. The quantitative estimate of drug-likeness (QED) is 0.843. The molecule has 0 atom stereocenters. The molecule has 0 unspecified atom stereocenters. The van der Waals surface area contributed by atoms with Crippen molar-refractivity contribution < 1.29 is 0 Å². The highest BCUT2D eigenvalue weighted by molar-refractivity contribution is 7.15. The second kappa shape index (κ2) is 4.97. The zero-order chi connectivity index (χ0) is 11.5. The first-order chi connectivity index (χ1) is 6.96. The number of rotatable bonds is 4. The van der Waals surface area contributed by atoms with Gasteiger partial charge in [-0.05, 0) is 33.6 Å². The summed E-state index contributed by atoms with van der Waals surface area (Å²) in [4.78, 5) is 6.10. The van der Waals surface area contributed by atoms with Crippen molar-refractivity contribution in [2.75, 3.05) is 5.32 Å². The van der Waals surface area contributed by atoms with Crippen LogP contribution in [-0.2, 0) is 12.8 Å². The third-order valence-corrected chi connectivity index (χ3v) is 3.23. The summed E-state index contributed by atoms with van der Waals surface area (Å²) in [6, 6.07) is 0. The number of aromatic nitrogens is 1. The molecular formula is C12H22N2S. The van der Waals surface area contributed by atoms with Gasteiger partial charge in [-0.2, -0.15) is 0 Å². The van der Waals surface area contributed by atoms with Gasteiger partial charge in [-0.25, -0.2) is 4.98 Å². The summed E-state index contributed by atoms with van der Waals surface area (Å²) in [7, 11) is 0. The average Bonchev–Trinajstić information content (AvgIpc) is 2.45. The van der Waals surface area contributed by atoms with E-state index >= 15 is 0 Å². The fourth-order valence-electron chi connectivity index (χ4n) is 1.47. The van der Waals surface area contributed by atoms with Gasteiger partial charge in [-0.1, -0.05) is 20.3 Å². The molecule has 2 nitrogen and oxygen atoms in total. The number of nitrogens with one attached hydrogen (secondary N) is 1. The minimum absolute atomic E-state index is 0.104. The van der Waals surface area contributed by atoms with Gasteiger partial charge in [-0.15, -0.1) is 11.3 Å². The Balaban J connectivity index is 2.83. The maximum absolute atomic E-state index is 4.66. The molecule has 0 aliphatic carbocycles. The van der Waals surface area contributed by atoms with Gasteiger partial charge in [-0.3, -0.25) is 0 Å². The molecule has 3 heteroatoms. The first-order valence-corrected chi connectivity index (χ1v) is 6.54. The molecular weight excluding hydrogens is 204 g/mol. The summed E-state index contributed by atoms with van der Waals surface area (Å²) in [5, 5.41) is 4.51. The topological polar surface area (TPSA) is 24.9 Å². The molecule has 0 aliphatic rings. The number of nitrogens with zero attached hydrogens (tertiary/aromatic N) is 1. The Hall–Kier alpha value is -0.570. The predicted molar refractivity (Wildman–Crippen MR) is 68.9 cm³/mol. The van der Waals surface area contributed by atoms with E-state index in [-0.39, 0.29) is 5.54 Å². The molecule has 0 bridgehead atoms. The maximum atomic E-state index is 4.66. The van der Waals surface area contributed by atoms with Gasteiger partial charge >= 0.3 is 0 Å². The van der Waals surface area contributed by atoms with E-state index < -0.39 is 0 Å². The van der Waals surface area contributed by atoms with Crippen LogP contribution in [0.1, 0.15) is 51.6 Å². The minimum Gasteiger partial charge on any atom is -0.357 e. The Kier molecular flexibility index (Phi) is 4.14. The second-order valence-corrected chi connectivity index (χ2v) is 5.95. The molecule has 15 heavy (non-hydrogen) atoms. The Labute approximate surface area is 97.1 Å². The summed E-state index contributed by atoms with van der Waals surface area (Å²) in [6.45, 7) is 10.9. The molecule has 0 amide bonds. The van der Waals surface area contributed by atoms with Gasteiger partial charge in [0.2, 0.25) is 0 Å². The predicted octanol–water partition coefficient (Wildman–Crippen LogP) is 3.87. The molecule has 0 aliphatic heterocycles. The highest BCUT2D eigenvalue weighted by atomic mass is 32.1. The van der Waals surface area contributed by atoms with Gasteiger partial charge in [0.15, 0.2) is 5.13 Å². The fourth-order valence-corrected chi connectivity index (χ4v) is 2.62. The number of hydrogen-bond donors (Lipinski definition) is 1. The van der Waals surface area contributed by atoms with Gasteiger partial charge in [0, 0.05) is 10.4 Å². The van der Waals surface area contributed by atoms with E-state index in [0.29, 0.717) is 0 Å². The van der Waals surface area contributed by atoms with E-state index in [4.69, 9.17) is 0 Å². The molecule has 1 heterocycles. The lowest BCUT2D eigenvalue weighted by Crippen LogP contribution is -2.25. The monoisotopic (exact) mass is 226 g/mol. The van der Waals surface area contributed by atoms with E-state index in [2.05, 4.69) is 44.9 Å². The van der Waals surface area contributed by atoms with Gasteiger partial charge < -0.3 is 5.32 Å². The van der Waals surface area contributed by atoms with Crippen molar-refractivity contribution in [2.45, 2.75) is 59.4 Å². The maximum Gasteiger partial charge on any atom is 0.183 e. The van der Waals surface area contributed by atoms with Gasteiger partial charge in [0.1, 0.15) is 0 Å². The zero-order valence-electron chi connectivity index (χ0n) is 10.5. The molecule has 0 saturated carbocycles. The summed E-state index contributed by atoms with van der Waals surface area (Å²) in [6.07, 6.45) is 3.37. The van der Waals surface area contributed by atoms with Crippen LogP contribution in [0.15, 0.2) is 0 Å². The normalized spacial score (nSPS) is 11.8. The Bertz CT molecular complexity index is 310. The summed E-state index contributed by atoms with van der Waals surface area (Å²) in [5.41, 5.74) is 1.39. The molecule has 1 N–H and O–H groups in total. The van der Waals surface area contributed by atoms with Crippen molar-refractivity contribution in [2.24, 2.45) is 0 Å². The summed E-state index contributed by atoms with van der Waals surface area (Å²) < 4.78 is 0. The van der Waals surface area contributed by atoms with Crippen LogP contribution in [0.4, 0.5) is 5.13 Å². The van der Waals surface area contributed by atoms with Crippen molar-refractivity contribution in [1.29, 1.82) is 0 Å². The lowest BCUT2D eigenvalue weighted by Gasteiger charge is -2.19. The molecule has 0 saturated heterocycles. The molecule has 1 aromatic rings. The number of anilines is 1. The zero-order valence-corrected chi connectivity index (χ0v) is 11.3. The van der Waals surface area contributed by atoms with Crippen molar-refractivity contribution in [3.63, 3.8) is 0 Å². The number of aryl methyl sites for hydroxylation is 2. The minimum atomic E-state index is 0.104. The summed E-state index contributed by atoms with van der Waals surface area (Å²) in [5.74, 6) is 0. The van der Waals surface area contributed by atoms with Crippen LogP contribution in [0, 0.1) is 0 Å². The molecule has 0 radical (unpaired) electrons. The summed E-state index contributed by atoms with van der Waals surface area (Å²) >= 11 is 1.80. The van der Waals surface area contributed by atoms with Crippen LogP contribution in [-0.4, -0.2) is 10.5 Å². The van der Waals surface area contributed by atoms with Crippen molar-refractivity contribution in [3.05, 3.63) is 10.6 Å². The van der Waals surface area contributed by atoms with Crippen LogP contribution in [0.5, 0.6) is 0 Å². The van der Waals surface area contributed by atoms with E-state index in [0.717, 1.165) is 18.0 Å². The van der Waals surface area contributed by atoms with E-state index in [1.807, 2.05) is 0 Å². The van der Waals surface area contributed by atoms with Crippen molar-refractivity contribution >= 4 is 16.5 Å². The van der Waals surface area contributed by atoms with E-state index in [9.17, 15) is 0 Å². The van der Waals surface area contributed by atoms with Crippen LogP contribution in [0.25, 0.3) is 0 Å². The average molecular weight is 226 g/mol. The highest BCUT2D eigenvalue weighted by Gasteiger charge is 2.14. The Morgan fingerprint density at radius 2 is 1.93 bits per heavy atom. The van der Waals surface area contributed by atoms with E-state index in [1.165, 1.54) is 17.0 Å². The second-order valence-electron chi connectivity index (χ2n) is 4.87. The van der Waals surface area contributed by atoms with Gasteiger partial charge in [0.05, 0.1) is 5.69 Å². The molecule has 0 spiro atoms. The lowest BCUT2D eigenvalue weighted by atomic mass is 10.1. The smallest absolute Gasteiger partial charge is 0.183 e. The number of thiazole rings is 1. The largest absolute Gasteiger partial charge is 0.357 e. The molecule has 86 valence electrons. The van der Waals surface area contributed by atoms with Crippen LogP contribution in [0.3, 0.4) is 0 Å². The van der Waals surface area contributed by atoms with E-state index in [1.54, 1.807) is 11.3 Å². The standard InChI is InChI=1S/C12H22N2S/c1-6-8-9-10(7-2)15-11(13-9)14-12(3,4)5/h6-8H2,1-5H3,(H,13,14). The van der Waals surface area contributed by atoms with Gasteiger partial charge in [0.25, 0.3) is 0 Å². The molecule has 1 aromatic heterocycles. The van der Waals surface area contributed by atoms with Crippen molar-refractivity contribution in [3.8, 4) is 0 Å². The lowest BCUT2D eigenvalue weighted by molar-refractivity contribution is 0.632. The Morgan fingerprint density at radius 1 is 1.27 bits per heavy atom. The SMILES string of the molecule is CCCc1nc(NC(C)(C)C)sc1CC. The van der Waals surface area contributed by atoms with Crippen LogP contribution >= 0.6 is 11.3 Å². The molecule has 0 aromatic carbocycles. The molecule has 0 fully saturated rings.